The van der Waals surface area contributed by atoms with Crippen LogP contribution >= 0.6 is 0 Å². The van der Waals surface area contributed by atoms with Gasteiger partial charge in [0, 0.05) is 25.7 Å². The zero-order chi connectivity index (χ0) is 19.3. The maximum atomic E-state index is 12.6. The number of sulfonamides is 1. The molecule has 148 valence electrons. The molecule has 1 saturated heterocycles. The van der Waals surface area contributed by atoms with E-state index in [9.17, 15) is 18.0 Å². The summed E-state index contributed by atoms with van der Waals surface area (Å²) in [5.41, 5.74) is 0.720. The van der Waals surface area contributed by atoms with Gasteiger partial charge in [0.05, 0.1) is 18.1 Å². The largest absolute Gasteiger partial charge is 0.379 e. The number of morpholine rings is 1. The first-order valence-corrected chi connectivity index (χ1v) is 10.7. The van der Waals surface area contributed by atoms with Crippen LogP contribution in [0.4, 0.5) is 0 Å². The Bertz CT molecular complexity index is 767. The van der Waals surface area contributed by atoms with E-state index in [1.165, 1.54) is 16.4 Å². The second-order valence-corrected chi connectivity index (χ2v) is 8.74. The number of carbonyl (C=O) groups excluding carboxylic acids is 2. The Morgan fingerprint density at radius 1 is 1.04 bits per heavy atom. The highest BCUT2D eigenvalue weighted by molar-refractivity contribution is 7.89. The van der Waals surface area contributed by atoms with Crippen molar-refractivity contribution >= 4 is 21.8 Å². The minimum atomic E-state index is -3.54. The maximum absolute atomic E-state index is 12.6. The highest BCUT2D eigenvalue weighted by atomic mass is 32.2. The number of hydrogen-bond acceptors (Lipinski definition) is 5. The van der Waals surface area contributed by atoms with E-state index in [4.69, 9.17) is 4.74 Å². The van der Waals surface area contributed by atoms with E-state index in [1.807, 2.05) is 0 Å². The molecule has 0 bridgehead atoms. The standard InChI is InChI=1S/C18H25N3O5S/c22-17(18(23)20-15-3-1-2-4-15)19-13-14-5-7-16(8-6-14)27(24,25)21-9-11-26-12-10-21/h5-8,15H,1-4,9-13H2,(H,19,22)(H,20,23). The van der Waals surface area contributed by atoms with E-state index in [-0.39, 0.29) is 17.5 Å². The molecule has 1 heterocycles. The van der Waals surface area contributed by atoms with Crippen LogP contribution in [0.2, 0.25) is 0 Å². The normalized spacial score (nSPS) is 19.0. The van der Waals surface area contributed by atoms with Crippen LogP contribution < -0.4 is 10.6 Å². The van der Waals surface area contributed by atoms with Crippen LogP contribution in [0.25, 0.3) is 0 Å². The lowest BCUT2D eigenvalue weighted by atomic mass is 10.2. The molecule has 0 radical (unpaired) electrons. The second-order valence-electron chi connectivity index (χ2n) is 6.80. The van der Waals surface area contributed by atoms with E-state index < -0.39 is 21.8 Å². The van der Waals surface area contributed by atoms with Crippen molar-refractivity contribution in [2.75, 3.05) is 26.3 Å². The molecule has 8 nitrogen and oxygen atoms in total. The van der Waals surface area contributed by atoms with Gasteiger partial charge in [-0.05, 0) is 30.5 Å². The number of ether oxygens (including phenoxy) is 1. The molecular formula is C18H25N3O5S. The minimum absolute atomic E-state index is 0.0907. The van der Waals surface area contributed by atoms with Crippen LogP contribution in [-0.2, 0) is 30.9 Å². The molecule has 3 rings (SSSR count). The lowest BCUT2D eigenvalue weighted by Gasteiger charge is -2.26. The molecule has 1 aliphatic carbocycles. The summed E-state index contributed by atoms with van der Waals surface area (Å²) in [6.07, 6.45) is 3.98. The van der Waals surface area contributed by atoms with Gasteiger partial charge in [0.15, 0.2) is 0 Å². The van der Waals surface area contributed by atoms with E-state index in [0.717, 1.165) is 31.2 Å². The van der Waals surface area contributed by atoms with Crippen molar-refractivity contribution in [3.63, 3.8) is 0 Å². The SMILES string of the molecule is O=C(NCc1ccc(S(=O)(=O)N2CCOCC2)cc1)C(=O)NC1CCCC1. The molecule has 1 aromatic carbocycles. The molecule has 1 saturated carbocycles. The second kappa shape index (κ2) is 8.81. The Balaban J connectivity index is 1.52. The fourth-order valence-corrected chi connectivity index (χ4v) is 4.71. The van der Waals surface area contributed by atoms with Gasteiger partial charge in [-0.15, -0.1) is 0 Å². The van der Waals surface area contributed by atoms with E-state index in [1.54, 1.807) is 12.1 Å². The van der Waals surface area contributed by atoms with Gasteiger partial charge in [0.25, 0.3) is 0 Å². The molecule has 0 aromatic heterocycles. The summed E-state index contributed by atoms with van der Waals surface area (Å²) in [5, 5.41) is 5.30. The van der Waals surface area contributed by atoms with Crippen LogP contribution in [0.3, 0.4) is 0 Å². The molecule has 2 aliphatic rings. The summed E-state index contributed by atoms with van der Waals surface area (Å²) < 4.78 is 31.7. The first-order chi connectivity index (χ1) is 13.0. The van der Waals surface area contributed by atoms with Crippen molar-refractivity contribution in [3.05, 3.63) is 29.8 Å². The summed E-state index contributed by atoms with van der Waals surface area (Å²) in [5.74, 6) is -1.29. The van der Waals surface area contributed by atoms with Gasteiger partial charge < -0.3 is 15.4 Å². The van der Waals surface area contributed by atoms with Crippen molar-refractivity contribution in [3.8, 4) is 0 Å². The molecule has 1 aromatic rings. The first-order valence-electron chi connectivity index (χ1n) is 9.22. The van der Waals surface area contributed by atoms with Crippen LogP contribution in [0.5, 0.6) is 0 Å². The Morgan fingerprint density at radius 2 is 1.67 bits per heavy atom. The molecule has 2 amide bonds. The average Bonchev–Trinajstić information content (AvgIpc) is 3.20. The third-order valence-electron chi connectivity index (χ3n) is 4.88. The van der Waals surface area contributed by atoms with Gasteiger partial charge in [-0.25, -0.2) is 8.42 Å². The molecule has 27 heavy (non-hydrogen) atoms. The molecule has 1 aliphatic heterocycles. The van der Waals surface area contributed by atoms with E-state index in [2.05, 4.69) is 10.6 Å². The number of amides is 2. The zero-order valence-electron chi connectivity index (χ0n) is 15.1. The van der Waals surface area contributed by atoms with Crippen molar-refractivity contribution < 1.29 is 22.7 Å². The highest BCUT2D eigenvalue weighted by Gasteiger charge is 2.26. The van der Waals surface area contributed by atoms with E-state index >= 15 is 0 Å². The fourth-order valence-electron chi connectivity index (χ4n) is 3.30. The Kier molecular flexibility index (Phi) is 6.46. The van der Waals surface area contributed by atoms with Gasteiger partial charge in [-0.2, -0.15) is 4.31 Å². The number of nitrogens with one attached hydrogen (secondary N) is 2. The molecule has 9 heteroatoms. The smallest absolute Gasteiger partial charge is 0.309 e. The predicted molar refractivity (Wildman–Crippen MR) is 98.3 cm³/mol. The molecule has 0 atom stereocenters. The first kappa shape index (κ1) is 19.8. The Morgan fingerprint density at radius 3 is 2.30 bits per heavy atom. The van der Waals surface area contributed by atoms with Crippen molar-refractivity contribution in [1.82, 2.24) is 14.9 Å². The summed E-state index contributed by atoms with van der Waals surface area (Å²) in [7, 11) is -3.54. The molecule has 0 unspecified atom stereocenters. The summed E-state index contributed by atoms with van der Waals surface area (Å²) in [6, 6.07) is 6.41. The lowest BCUT2D eigenvalue weighted by molar-refractivity contribution is -0.139. The number of nitrogens with zero attached hydrogens (tertiary/aromatic N) is 1. The third kappa shape index (κ3) is 5.06. The van der Waals surface area contributed by atoms with E-state index in [0.29, 0.717) is 26.3 Å². The van der Waals surface area contributed by atoms with Gasteiger partial charge in [-0.3, -0.25) is 9.59 Å². The minimum Gasteiger partial charge on any atom is -0.379 e. The monoisotopic (exact) mass is 395 g/mol. The van der Waals surface area contributed by atoms with Crippen LogP contribution in [0, 0.1) is 0 Å². The van der Waals surface area contributed by atoms with Crippen molar-refractivity contribution in [2.45, 2.75) is 43.2 Å². The Hall–Kier alpha value is -1.97. The van der Waals surface area contributed by atoms with Crippen molar-refractivity contribution in [2.24, 2.45) is 0 Å². The quantitative estimate of drug-likeness (QED) is 0.702. The number of carbonyl (C=O) groups is 2. The van der Waals surface area contributed by atoms with Gasteiger partial charge in [0.2, 0.25) is 10.0 Å². The van der Waals surface area contributed by atoms with Crippen LogP contribution in [0.15, 0.2) is 29.2 Å². The fraction of sp³-hybridized carbons (Fsp3) is 0.556. The highest BCUT2D eigenvalue weighted by Crippen LogP contribution is 2.18. The summed E-state index contributed by atoms with van der Waals surface area (Å²) in [6.45, 7) is 1.64. The van der Waals surface area contributed by atoms with Gasteiger partial charge in [-0.1, -0.05) is 25.0 Å². The zero-order valence-corrected chi connectivity index (χ0v) is 16.0. The maximum Gasteiger partial charge on any atom is 0.309 e. The van der Waals surface area contributed by atoms with Crippen LogP contribution in [-0.4, -0.2) is 56.9 Å². The average molecular weight is 395 g/mol. The Labute approximate surface area is 159 Å². The van der Waals surface area contributed by atoms with Gasteiger partial charge >= 0.3 is 11.8 Å². The number of rotatable bonds is 5. The number of hydrogen-bond donors (Lipinski definition) is 2. The molecule has 0 spiro atoms. The van der Waals surface area contributed by atoms with Crippen LogP contribution in [0.1, 0.15) is 31.2 Å². The third-order valence-corrected chi connectivity index (χ3v) is 6.79. The summed E-state index contributed by atoms with van der Waals surface area (Å²) >= 11 is 0. The molecule has 2 fully saturated rings. The van der Waals surface area contributed by atoms with Crippen molar-refractivity contribution in [1.29, 1.82) is 0 Å². The predicted octanol–water partition coefficient (Wildman–Crippen LogP) is 0.383. The lowest BCUT2D eigenvalue weighted by Crippen LogP contribution is -2.43. The topological polar surface area (TPSA) is 105 Å². The molecule has 2 N–H and O–H groups in total. The molecular weight excluding hydrogens is 370 g/mol. The summed E-state index contributed by atoms with van der Waals surface area (Å²) in [4.78, 5) is 24.0. The number of benzene rings is 1. The van der Waals surface area contributed by atoms with Gasteiger partial charge in [0.1, 0.15) is 0 Å².